The van der Waals surface area contributed by atoms with Gasteiger partial charge in [-0.25, -0.2) is 4.79 Å². The fraction of sp³-hybridized carbons (Fsp3) is 0.818. The number of carbonyl (C=O) groups is 2. The molecular formula is C11H20N2O3. The first-order valence-electron chi connectivity index (χ1n) is 5.80. The molecular weight excluding hydrogens is 208 g/mol. The molecule has 1 heterocycles. The molecule has 1 aliphatic rings. The molecule has 0 aromatic carbocycles. The third-order valence-corrected chi connectivity index (χ3v) is 2.89. The van der Waals surface area contributed by atoms with Crippen LogP contribution in [0.5, 0.6) is 0 Å². The van der Waals surface area contributed by atoms with Crippen LogP contribution in [-0.4, -0.2) is 42.0 Å². The molecule has 0 spiro atoms. The summed E-state index contributed by atoms with van der Waals surface area (Å²) in [6.45, 7) is 4.61. The largest absolute Gasteiger partial charge is 0.464 e. The fourth-order valence-corrected chi connectivity index (χ4v) is 1.94. The highest BCUT2D eigenvalue weighted by Gasteiger charge is 2.31. The van der Waals surface area contributed by atoms with Crippen LogP contribution < -0.4 is 5.73 Å². The Labute approximate surface area is 95.9 Å². The lowest BCUT2D eigenvalue weighted by Gasteiger charge is -2.34. The van der Waals surface area contributed by atoms with Gasteiger partial charge in [-0.1, -0.05) is 0 Å². The molecule has 0 aromatic rings. The van der Waals surface area contributed by atoms with Gasteiger partial charge in [0, 0.05) is 12.6 Å². The van der Waals surface area contributed by atoms with E-state index < -0.39 is 12.0 Å². The molecule has 2 atom stereocenters. The Morgan fingerprint density at radius 3 is 2.75 bits per heavy atom. The molecule has 0 aliphatic carbocycles. The van der Waals surface area contributed by atoms with Crippen molar-refractivity contribution in [2.45, 2.75) is 45.2 Å². The number of nitrogens with zero attached hydrogens (tertiary/aromatic N) is 1. The van der Waals surface area contributed by atoms with Crippen LogP contribution in [0, 0.1) is 0 Å². The quantitative estimate of drug-likeness (QED) is 0.556. The first-order chi connectivity index (χ1) is 7.57. The van der Waals surface area contributed by atoms with Gasteiger partial charge in [-0.15, -0.1) is 0 Å². The molecule has 1 fully saturated rings. The van der Waals surface area contributed by atoms with Crippen molar-refractivity contribution >= 4 is 11.9 Å². The minimum absolute atomic E-state index is 0.168. The van der Waals surface area contributed by atoms with Gasteiger partial charge >= 0.3 is 5.97 Å². The predicted molar refractivity (Wildman–Crippen MR) is 59.6 cm³/mol. The average molecular weight is 228 g/mol. The number of hydrogen-bond donors (Lipinski definition) is 1. The second-order valence-corrected chi connectivity index (χ2v) is 4.11. The van der Waals surface area contributed by atoms with E-state index in [2.05, 4.69) is 0 Å². The van der Waals surface area contributed by atoms with Gasteiger partial charge in [0.1, 0.15) is 0 Å². The maximum absolute atomic E-state index is 11.9. The Hall–Kier alpha value is -1.10. The van der Waals surface area contributed by atoms with Gasteiger partial charge < -0.3 is 15.4 Å². The van der Waals surface area contributed by atoms with E-state index in [9.17, 15) is 9.59 Å². The van der Waals surface area contributed by atoms with Crippen LogP contribution in [0.1, 0.15) is 33.1 Å². The zero-order chi connectivity index (χ0) is 12.1. The van der Waals surface area contributed by atoms with Crippen molar-refractivity contribution in [3.63, 3.8) is 0 Å². The summed E-state index contributed by atoms with van der Waals surface area (Å²) in [4.78, 5) is 24.9. The minimum Gasteiger partial charge on any atom is -0.464 e. The van der Waals surface area contributed by atoms with Crippen LogP contribution in [0.25, 0.3) is 0 Å². The Morgan fingerprint density at radius 1 is 1.50 bits per heavy atom. The summed E-state index contributed by atoms with van der Waals surface area (Å²) >= 11 is 0. The van der Waals surface area contributed by atoms with Gasteiger partial charge in [0.15, 0.2) is 6.04 Å². The second kappa shape index (κ2) is 5.84. The van der Waals surface area contributed by atoms with Crippen LogP contribution >= 0.6 is 0 Å². The van der Waals surface area contributed by atoms with Crippen molar-refractivity contribution in [3.05, 3.63) is 0 Å². The minimum atomic E-state index is -1.17. The summed E-state index contributed by atoms with van der Waals surface area (Å²) in [5, 5.41) is 0. The third-order valence-electron chi connectivity index (χ3n) is 2.89. The molecule has 0 radical (unpaired) electrons. The number of likely N-dealkylation sites (tertiary alicyclic amines) is 1. The van der Waals surface area contributed by atoms with Crippen LogP contribution in [0.3, 0.4) is 0 Å². The maximum atomic E-state index is 11.9. The van der Waals surface area contributed by atoms with Crippen LogP contribution in [-0.2, 0) is 14.3 Å². The van der Waals surface area contributed by atoms with Gasteiger partial charge in [0.2, 0.25) is 0 Å². The second-order valence-electron chi connectivity index (χ2n) is 4.11. The number of rotatable bonds is 3. The van der Waals surface area contributed by atoms with E-state index in [4.69, 9.17) is 10.5 Å². The number of esters is 1. The molecule has 1 saturated heterocycles. The van der Waals surface area contributed by atoms with E-state index >= 15 is 0 Å². The van der Waals surface area contributed by atoms with Crippen LogP contribution in [0.2, 0.25) is 0 Å². The summed E-state index contributed by atoms with van der Waals surface area (Å²) < 4.78 is 4.74. The Morgan fingerprint density at radius 2 is 2.19 bits per heavy atom. The molecule has 1 rings (SSSR count). The fourth-order valence-electron chi connectivity index (χ4n) is 1.94. The Balaban J connectivity index is 2.58. The molecule has 0 bridgehead atoms. The molecule has 1 amide bonds. The zero-order valence-corrected chi connectivity index (χ0v) is 9.94. The summed E-state index contributed by atoms with van der Waals surface area (Å²) in [5.41, 5.74) is 5.57. The van der Waals surface area contributed by atoms with Crippen molar-refractivity contribution in [1.29, 1.82) is 0 Å². The number of piperidine rings is 1. The van der Waals surface area contributed by atoms with Gasteiger partial charge in [-0.05, 0) is 33.1 Å². The Bertz CT molecular complexity index is 268. The lowest BCUT2D eigenvalue weighted by Crippen LogP contribution is -2.53. The standard InChI is InChI=1S/C11H20N2O3/c1-3-16-11(15)9(12)10(14)13-7-5-4-6-8(13)2/h8-9H,3-7,12H2,1-2H3. The molecule has 16 heavy (non-hydrogen) atoms. The first-order valence-corrected chi connectivity index (χ1v) is 5.80. The van der Waals surface area contributed by atoms with E-state index in [0.717, 1.165) is 19.3 Å². The normalized spacial score (nSPS) is 22.7. The smallest absolute Gasteiger partial charge is 0.332 e. The molecule has 1 aliphatic heterocycles. The number of hydrogen-bond acceptors (Lipinski definition) is 4. The average Bonchev–Trinajstić information content (AvgIpc) is 2.28. The summed E-state index contributed by atoms with van der Waals surface area (Å²) in [6, 6.07) is -0.998. The van der Waals surface area contributed by atoms with Gasteiger partial charge in [-0.2, -0.15) is 0 Å². The molecule has 5 heteroatoms. The number of ether oxygens (including phenoxy) is 1. The van der Waals surface area contributed by atoms with Crippen molar-refractivity contribution in [2.24, 2.45) is 5.73 Å². The van der Waals surface area contributed by atoms with Crippen molar-refractivity contribution in [1.82, 2.24) is 4.90 Å². The highest BCUT2D eigenvalue weighted by Crippen LogP contribution is 2.17. The zero-order valence-electron chi connectivity index (χ0n) is 9.94. The summed E-state index contributed by atoms with van der Waals surface area (Å²) in [7, 11) is 0. The van der Waals surface area contributed by atoms with Gasteiger partial charge in [-0.3, -0.25) is 4.79 Å². The highest BCUT2D eigenvalue weighted by molar-refractivity contribution is 6.01. The van der Waals surface area contributed by atoms with Crippen LogP contribution in [0.4, 0.5) is 0 Å². The Kier molecular flexibility index (Phi) is 4.73. The molecule has 92 valence electrons. The van der Waals surface area contributed by atoms with Crippen molar-refractivity contribution < 1.29 is 14.3 Å². The monoisotopic (exact) mass is 228 g/mol. The molecule has 2 unspecified atom stereocenters. The van der Waals surface area contributed by atoms with E-state index in [0.29, 0.717) is 6.54 Å². The highest BCUT2D eigenvalue weighted by atomic mass is 16.5. The lowest BCUT2D eigenvalue weighted by atomic mass is 10.0. The number of carbonyl (C=O) groups excluding carboxylic acids is 2. The lowest BCUT2D eigenvalue weighted by molar-refractivity contribution is -0.152. The molecule has 5 nitrogen and oxygen atoms in total. The predicted octanol–water partition coefficient (Wildman–Crippen LogP) is 0.278. The first kappa shape index (κ1) is 13.0. The van der Waals surface area contributed by atoms with Crippen molar-refractivity contribution in [3.8, 4) is 0 Å². The van der Waals surface area contributed by atoms with Crippen LogP contribution in [0.15, 0.2) is 0 Å². The molecule has 2 N–H and O–H groups in total. The number of amides is 1. The molecule has 0 saturated carbocycles. The molecule has 0 aromatic heterocycles. The topological polar surface area (TPSA) is 72.6 Å². The summed E-state index contributed by atoms with van der Waals surface area (Å²) in [6.07, 6.45) is 3.08. The van der Waals surface area contributed by atoms with Crippen molar-refractivity contribution in [2.75, 3.05) is 13.2 Å². The SMILES string of the molecule is CCOC(=O)C(N)C(=O)N1CCCCC1C. The van der Waals surface area contributed by atoms with E-state index in [1.54, 1.807) is 11.8 Å². The van der Waals surface area contributed by atoms with Gasteiger partial charge in [0.25, 0.3) is 5.91 Å². The number of nitrogens with two attached hydrogens (primary N) is 1. The summed E-state index contributed by atoms with van der Waals surface area (Å²) in [5.74, 6) is -0.948. The van der Waals surface area contributed by atoms with E-state index in [1.165, 1.54) is 0 Å². The van der Waals surface area contributed by atoms with Gasteiger partial charge in [0.05, 0.1) is 6.61 Å². The van der Waals surface area contributed by atoms with E-state index in [1.807, 2.05) is 6.92 Å². The maximum Gasteiger partial charge on any atom is 0.332 e. The third kappa shape index (κ3) is 2.95. The van der Waals surface area contributed by atoms with E-state index in [-0.39, 0.29) is 18.6 Å².